The van der Waals surface area contributed by atoms with E-state index in [1.165, 1.54) is 29.6 Å². The summed E-state index contributed by atoms with van der Waals surface area (Å²) in [6.45, 7) is 0. The Balaban J connectivity index is 1.91. The summed E-state index contributed by atoms with van der Waals surface area (Å²) >= 11 is 13.6. The van der Waals surface area contributed by atoms with Gasteiger partial charge in [0.25, 0.3) is 5.56 Å². The van der Waals surface area contributed by atoms with Crippen molar-refractivity contribution in [1.82, 2.24) is 19.1 Å². The quantitative estimate of drug-likeness (QED) is 0.347. The average molecular weight is 449 g/mol. The maximum atomic E-state index is 12.8. The summed E-state index contributed by atoms with van der Waals surface area (Å²) < 4.78 is 7.76. The number of aryl methyl sites for hydroxylation is 1. The van der Waals surface area contributed by atoms with Crippen molar-refractivity contribution < 1.29 is 4.42 Å². The molecule has 0 aliphatic carbocycles. The Kier molecular flexibility index (Phi) is 5.24. The van der Waals surface area contributed by atoms with Crippen LogP contribution in [-0.4, -0.2) is 19.1 Å². The molecule has 1 aromatic carbocycles. The van der Waals surface area contributed by atoms with Crippen molar-refractivity contribution >= 4 is 46.0 Å². The Morgan fingerprint density at radius 2 is 1.90 bits per heavy atom. The van der Waals surface area contributed by atoms with E-state index in [0.717, 1.165) is 10.1 Å². The van der Waals surface area contributed by atoms with Crippen molar-refractivity contribution in [1.29, 1.82) is 0 Å². The van der Waals surface area contributed by atoms with Crippen LogP contribution in [0.15, 0.2) is 55.6 Å². The highest BCUT2D eigenvalue weighted by Crippen LogP contribution is 2.31. The molecule has 4 rings (SSSR count). The Bertz CT molecular complexity index is 1350. The van der Waals surface area contributed by atoms with E-state index in [0.29, 0.717) is 26.6 Å². The van der Waals surface area contributed by atoms with Gasteiger partial charge in [0.15, 0.2) is 17.2 Å². The van der Waals surface area contributed by atoms with Crippen LogP contribution < -0.4 is 11.2 Å². The third-order valence-electron chi connectivity index (χ3n) is 4.39. The van der Waals surface area contributed by atoms with Gasteiger partial charge in [0.05, 0.1) is 6.26 Å². The molecule has 0 unspecified atom stereocenters. The second-order valence-corrected chi connectivity index (χ2v) is 8.07. The van der Waals surface area contributed by atoms with E-state index in [4.69, 9.17) is 27.6 Å². The lowest BCUT2D eigenvalue weighted by atomic mass is 10.2. The third kappa shape index (κ3) is 3.59. The van der Waals surface area contributed by atoms with E-state index in [1.807, 2.05) is 6.07 Å². The molecule has 148 valence electrons. The number of fused-ring (bicyclic) bond motifs is 1. The smallest absolute Gasteiger partial charge is 0.332 e. The van der Waals surface area contributed by atoms with E-state index in [-0.39, 0.29) is 16.9 Å². The average Bonchev–Trinajstić information content (AvgIpc) is 3.24. The summed E-state index contributed by atoms with van der Waals surface area (Å²) in [5.74, 6) is 1.17. The lowest BCUT2D eigenvalue weighted by molar-refractivity contribution is 0.576. The van der Waals surface area contributed by atoms with Crippen LogP contribution in [0.3, 0.4) is 0 Å². The minimum atomic E-state index is -0.469. The monoisotopic (exact) mass is 448 g/mol. The second kappa shape index (κ2) is 7.70. The Morgan fingerprint density at radius 3 is 2.59 bits per heavy atom. The molecule has 0 atom stereocenters. The maximum absolute atomic E-state index is 12.8. The summed E-state index contributed by atoms with van der Waals surface area (Å²) in [6, 6.07) is 8.66. The first-order valence-corrected chi connectivity index (χ1v) is 10.2. The van der Waals surface area contributed by atoms with Gasteiger partial charge >= 0.3 is 5.69 Å². The first kappa shape index (κ1) is 19.8. The fourth-order valence-corrected chi connectivity index (χ4v) is 4.41. The number of halogens is 2. The predicted molar refractivity (Wildman–Crippen MR) is 114 cm³/mol. The van der Waals surface area contributed by atoms with Crippen molar-refractivity contribution in [2.75, 3.05) is 0 Å². The molecule has 0 saturated carbocycles. The number of hydrogen-bond acceptors (Lipinski definition) is 6. The number of aromatic nitrogens is 4. The molecule has 0 aliphatic heterocycles. The molecule has 0 saturated heterocycles. The van der Waals surface area contributed by atoms with Crippen molar-refractivity contribution in [3.63, 3.8) is 0 Å². The zero-order valence-corrected chi connectivity index (χ0v) is 17.7. The zero-order valence-electron chi connectivity index (χ0n) is 15.3. The number of furan rings is 1. The number of rotatable bonds is 4. The maximum Gasteiger partial charge on any atom is 0.332 e. The molecule has 4 aromatic rings. The molecule has 29 heavy (non-hydrogen) atoms. The molecule has 0 radical (unpaired) electrons. The Hall–Kier alpha value is -2.55. The van der Waals surface area contributed by atoms with Gasteiger partial charge in [0.2, 0.25) is 0 Å². The first-order valence-electron chi connectivity index (χ1n) is 8.45. The number of nitrogens with zero attached hydrogens (tertiary/aromatic N) is 4. The summed E-state index contributed by atoms with van der Waals surface area (Å²) in [7, 11) is 2.99. The number of thioether (sulfide) groups is 1. The molecular formula is C19H14Cl2N4O3S. The molecule has 0 N–H and O–H groups in total. The van der Waals surface area contributed by atoms with Crippen molar-refractivity contribution in [2.24, 2.45) is 14.1 Å². The summed E-state index contributed by atoms with van der Waals surface area (Å²) in [4.78, 5) is 34.2. The molecule has 0 fully saturated rings. The lowest BCUT2D eigenvalue weighted by Crippen LogP contribution is -2.37. The van der Waals surface area contributed by atoms with Gasteiger partial charge in [-0.25, -0.2) is 14.8 Å². The zero-order chi connectivity index (χ0) is 20.7. The largest absolute Gasteiger partial charge is 0.461 e. The minimum absolute atomic E-state index is 0.240. The highest BCUT2D eigenvalue weighted by atomic mass is 35.5. The summed E-state index contributed by atoms with van der Waals surface area (Å²) in [6.07, 6.45) is 1.51. The normalized spacial score (nSPS) is 11.3. The molecule has 10 heteroatoms. The van der Waals surface area contributed by atoms with Crippen LogP contribution in [0.1, 0.15) is 5.56 Å². The molecule has 0 aliphatic rings. The van der Waals surface area contributed by atoms with Crippen LogP contribution in [0.25, 0.3) is 22.6 Å². The van der Waals surface area contributed by atoms with Crippen molar-refractivity contribution in [3.8, 4) is 11.6 Å². The van der Waals surface area contributed by atoms with Crippen LogP contribution in [-0.2, 0) is 19.8 Å². The molecule has 0 spiro atoms. The number of hydrogen-bond donors (Lipinski definition) is 0. The topological polar surface area (TPSA) is 82.9 Å². The highest BCUT2D eigenvalue weighted by molar-refractivity contribution is 7.98. The SMILES string of the molecule is Cn1c(=O)c2c(SCc3ccc(Cl)cc3Cl)nc(-c3ccco3)nc2n(C)c1=O. The Morgan fingerprint density at radius 1 is 1.10 bits per heavy atom. The molecule has 3 heterocycles. The summed E-state index contributed by atoms with van der Waals surface area (Å²) in [5.41, 5.74) is 0.153. The van der Waals surface area contributed by atoms with Crippen molar-refractivity contribution in [3.05, 3.63) is 73.0 Å². The van der Waals surface area contributed by atoms with Crippen LogP contribution >= 0.6 is 35.0 Å². The molecular weight excluding hydrogens is 435 g/mol. The minimum Gasteiger partial charge on any atom is -0.461 e. The highest BCUT2D eigenvalue weighted by Gasteiger charge is 2.19. The van der Waals surface area contributed by atoms with E-state index in [1.54, 1.807) is 31.3 Å². The summed E-state index contributed by atoms with van der Waals surface area (Å²) in [5, 5.41) is 1.76. The van der Waals surface area contributed by atoms with E-state index >= 15 is 0 Å². The predicted octanol–water partition coefficient (Wildman–Crippen LogP) is 3.89. The van der Waals surface area contributed by atoms with E-state index in [2.05, 4.69) is 9.97 Å². The standard InChI is InChI=1S/C19H14Cl2N4O3S/c1-24-16-14(18(26)25(2)19(24)27)17(23-15(22-16)13-4-3-7-28-13)29-9-10-5-6-11(20)8-12(10)21/h3-8H,9H2,1-2H3. The first-order chi connectivity index (χ1) is 13.9. The van der Waals surface area contributed by atoms with Gasteiger partial charge in [-0.05, 0) is 29.8 Å². The molecule has 0 bridgehead atoms. The fraction of sp³-hybridized carbons (Fsp3) is 0.158. The molecule has 0 amide bonds. The van der Waals surface area contributed by atoms with Gasteiger partial charge in [-0.3, -0.25) is 13.9 Å². The van der Waals surface area contributed by atoms with Gasteiger partial charge in [0.1, 0.15) is 10.4 Å². The van der Waals surface area contributed by atoms with E-state index in [9.17, 15) is 9.59 Å². The van der Waals surface area contributed by atoms with Crippen LogP contribution in [0.4, 0.5) is 0 Å². The number of benzene rings is 1. The van der Waals surface area contributed by atoms with E-state index < -0.39 is 11.2 Å². The van der Waals surface area contributed by atoms with Crippen LogP contribution in [0, 0.1) is 0 Å². The van der Waals surface area contributed by atoms with Gasteiger partial charge < -0.3 is 4.42 Å². The van der Waals surface area contributed by atoms with Crippen molar-refractivity contribution in [2.45, 2.75) is 10.8 Å². The molecule has 7 nitrogen and oxygen atoms in total. The fourth-order valence-electron chi connectivity index (χ4n) is 2.83. The van der Waals surface area contributed by atoms with Gasteiger partial charge in [-0.1, -0.05) is 29.3 Å². The lowest BCUT2D eigenvalue weighted by Gasteiger charge is -2.11. The van der Waals surface area contributed by atoms with Gasteiger partial charge in [0, 0.05) is 29.9 Å². The molecule has 3 aromatic heterocycles. The van der Waals surface area contributed by atoms with Crippen LogP contribution in [0.5, 0.6) is 0 Å². The third-order valence-corrected chi connectivity index (χ3v) is 6.00. The second-order valence-electron chi connectivity index (χ2n) is 6.26. The Labute approximate surface area is 178 Å². The van der Waals surface area contributed by atoms with Crippen LogP contribution in [0.2, 0.25) is 10.0 Å². The van der Waals surface area contributed by atoms with Gasteiger partial charge in [-0.15, -0.1) is 11.8 Å². The van der Waals surface area contributed by atoms with Gasteiger partial charge in [-0.2, -0.15) is 0 Å².